The maximum Gasteiger partial charge on any atom is 0.262 e. The predicted octanol–water partition coefficient (Wildman–Crippen LogP) is 3.57. The average Bonchev–Trinajstić information content (AvgIpc) is 2.53. The lowest BCUT2D eigenvalue weighted by atomic mass is 10.1. The van der Waals surface area contributed by atoms with Crippen LogP contribution in [-0.4, -0.2) is 25.4 Å². The first-order chi connectivity index (χ1) is 11.0. The highest BCUT2D eigenvalue weighted by molar-refractivity contribution is 6.32. The van der Waals surface area contributed by atoms with Crippen LogP contribution >= 0.6 is 11.6 Å². The molecule has 6 heteroatoms. The Hall–Kier alpha value is -2.53. The van der Waals surface area contributed by atoms with E-state index < -0.39 is 0 Å². The molecule has 0 heterocycles. The molecule has 2 aromatic carbocycles. The van der Waals surface area contributed by atoms with E-state index in [2.05, 4.69) is 5.32 Å². The highest BCUT2D eigenvalue weighted by Crippen LogP contribution is 2.32. The lowest BCUT2D eigenvalue weighted by molar-refractivity contribution is -0.118. The monoisotopic (exact) mass is 333 g/mol. The van der Waals surface area contributed by atoms with Crippen molar-refractivity contribution in [1.82, 2.24) is 0 Å². The predicted molar refractivity (Wildman–Crippen MR) is 88.6 cm³/mol. The van der Waals surface area contributed by atoms with E-state index in [0.29, 0.717) is 27.8 Å². The van der Waals surface area contributed by atoms with Gasteiger partial charge in [0.1, 0.15) is 5.75 Å². The Labute approximate surface area is 139 Å². The molecule has 0 saturated heterocycles. The van der Waals surface area contributed by atoms with Crippen LogP contribution in [-0.2, 0) is 4.79 Å². The van der Waals surface area contributed by atoms with E-state index in [9.17, 15) is 9.59 Å². The van der Waals surface area contributed by atoms with Gasteiger partial charge < -0.3 is 14.8 Å². The number of halogens is 1. The molecule has 0 aliphatic heterocycles. The molecular formula is C17H16ClNO4. The number of para-hydroxylation sites is 1. The number of anilines is 1. The van der Waals surface area contributed by atoms with Crippen molar-refractivity contribution in [1.29, 1.82) is 0 Å². The van der Waals surface area contributed by atoms with Crippen molar-refractivity contribution in [3.63, 3.8) is 0 Å². The Balaban J connectivity index is 1.95. The van der Waals surface area contributed by atoms with Crippen molar-refractivity contribution >= 4 is 29.0 Å². The fraction of sp³-hybridized carbons (Fsp3) is 0.176. The summed E-state index contributed by atoms with van der Waals surface area (Å²) in [6.07, 6.45) is 0. The average molecular weight is 334 g/mol. The Bertz CT molecular complexity index is 713. The molecule has 0 fully saturated rings. The number of benzene rings is 2. The van der Waals surface area contributed by atoms with Crippen LogP contribution in [0.15, 0.2) is 42.5 Å². The van der Waals surface area contributed by atoms with E-state index in [1.54, 1.807) is 42.5 Å². The number of nitrogens with one attached hydrogen (secondary N) is 1. The second kappa shape index (κ2) is 7.65. The maximum absolute atomic E-state index is 12.0. The Morgan fingerprint density at radius 3 is 2.43 bits per heavy atom. The number of hydrogen-bond donors (Lipinski definition) is 1. The second-order valence-corrected chi connectivity index (χ2v) is 5.15. The van der Waals surface area contributed by atoms with Crippen LogP contribution < -0.4 is 14.8 Å². The first kappa shape index (κ1) is 16.8. The van der Waals surface area contributed by atoms with Gasteiger partial charge in [-0.3, -0.25) is 9.59 Å². The quantitative estimate of drug-likeness (QED) is 0.821. The van der Waals surface area contributed by atoms with E-state index >= 15 is 0 Å². The fourth-order valence-corrected chi connectivity index (χ4v) is 2.19. The van der Waals surface area contributed by atoms with E-state index in [4.69, 9.17) is 21.1 Å². The van der Waals surface area contributed by atoms with Crippen LogP contribution in [0.5, 0.6) is 11.5 Å². The van der Waals surface area contributed by atoms with Gasteiger partial charge in [0.15, 0.2) is 18.1 Å². The summed E-state index contributed by atoms with van der Waals surface area (Å²) >= 11 is 5.99. The van der Waals surface area contributed by atoms with Gasteiger partial charge in [-0.1, -0.05) is 17.7 Å². The highest BCUT2D eigenvalue weighted by Gasteiger charge is 2.11. The highest BCUT2D eigenvalue weighted by atomic mass is 35.5. The van der Waals surface area contributed by atoms with Crippen LogP contribution in [0.1, 0.15) is 17.3 Å². The Morgan fingerprint density at radius 1 is 1.13 bits per heavy atom. The van der Waals surface area contributed by atoms with Crippen molar-refractivity contribution in [3.05, 3.63) is 53.1 Å². The summed E-state index contributed by atoms with van der Waals surface area (Å²) in [6.45, 7) is 1.32. The molecule has 1 N–H and O–H groups in total. The largest absolute Gasteiger partial charge is 0.493 e. The molecule has 0 aliphatic carbocycles. The third-order valence-electron chi connectivity index (χ3n) is 3.08. The van der Waals surface area contributed by atoms with Gasteiger partial charge >= 0.3 is 0 Å². The molecule has 5 nitrogen and oxygen atoms in total. The first-order valence-corrected chi connectivity index (χ1v) is 7.25. The van der Waals surface area contributed by atoms with Crippen LogP contribution in [0.4, 0.5) is 5.69 Å². The van der Waals surface area contributed by atoms with Gasteiger partial charge in [0.2, 0.25) is 0 Å². The molecule has 0 unspecified atom stereocenters. The van der Waals surface area contributed by atoms with Crippen LogP contribution in [0.2, 0.25) is 5.02 Å². The molecular weight excluding hydrogens is 318 g/mol. The molecule has 2 aromatic rings. The number of methoxy groups -OCH3 is 1. The third-order valence-corrected chi connectivity index (χ3v) is 3.37. The van der Waals surface area contributed by atoms with Crippen molar-refractivity contribution < 1.29 is 19.1 Å². The van der Waals surface area contributed by atoms with Gasteiger partial charge in [0.05, 0.1) is 17.8 Å². The minimum atomic E-state index is -0.346. The van der Waals surface area contributed by atoms with Crippen LogP contribution in [0.25, 0.3) is 0 Å². The second-order valence-electron chi connectivity index (χ2n) is 4.74. The summed E-state index contributed by atoms with van der Waals surface area (Å²) in [4.78, 5) is 23.1. The van der Waals surface area contributed by atoms with E-state index in [-0.39, 0.29) is 18.3 Å². The fourth-order valence-electron chi connectivity index (χ4n) is 1.94. The summed E-state index contributed by atoms with van der Waals surface area (Å²) in [5.74, 6) is 0.528. The standard InChI is InChI=1S/C17H16ClNO4/c1-11(20)12-6-8-13(9-7-12)23-10-16(21)19-15-5-3-4-14(18)17(15)22-2/h3-9H,10H2,1-2H3,(H,19,21). The zero-order valence-corrected chi connectivity index (χ0v) is 13.5. The van der Waals surface area contributed by atoms with Crippen molar-refractivity contribution in [3.8, 4) is 11.5 Å². The number of rotatable bonds is 6. The molecule has 120 valence electrons. The minimum absolute atomic E-state index is 0.0256. The molecule has 23 heavy (non-hydrogen) atoms. The number of Topliss-reactive ketones (excluding diaryl/α,β-unsaturated/α-hetero) is 1. The van der Waals surface area contributed by atoms with Crippen LogP contribution in [0, 0.1) is 0 Å². The van der Waals surface area contributed by atoms with Gasteiger partial charge in [-0.15, -0.1) is 0 Å². The van der Waals surface area contributed by atoms with Gasteiger partial charge in [-0.05, 0) is 43.3 Å². The smallest absolute Gasteiger partial charge is 0.262 e. The molecule has 0 aromatic heterocycles. The number of amides is 1. The van der Waals surface area contributed by atoms with Crippen LogP contribution in [0.3, 0.4) is 0 Å². The van der Waals surface area contributed by atoms with Gasteiger partial charge in [0.25, 0.3) is 5.91 Å². The van der Waals surface area contributed by atoms with Crippen molar-refractivity contribution in [2.24, 2.45) is 0 Å². The summed E-state index contributed by atoms with van der Waals surface area (Å²) in [7, 11) is 1.48. The normalized spacial score (nSPS) is 10.0. The maximum atomic E-state index is 12.0. The summed E-state index contributed by atoms with van der Waals surface area (Å²) in [5, 5.41) is 3.08. The minimum Gasteiger partial charge on any atom is -0.493 e. The van der Waals surface area contributed by atoms with E-state index in [1.807, 2.05) is 0 Å². The van der Waals surface area contributed by atoms with Gasteiger partial charge in [0, 0.05) is 5.56 Å². The zero-order valence-electron chi connectivity index (χ0n) is 12.8. The molecule has 0 bridgehead atoms. The Morgan fingerprint density at radius 2 is 1.83 bits per heavy atom. The van der Waals surface area contributed by atoms with E-state index in [0.717, 1.165) is 0 Å². The lowest BCUT2D eigenvalue weighted by Gasteiger charge is -2.12. The number of hydrogen-bond acceptors (Lipinski definition) is 4. The molecule has 0 saturated carbocycles. The molecule has 0 atom stereocenters. The molecule has 2 rings (SSSR count). The van der Waals surface area contributed by atoms with E-state index in [1.165, 1.54) is 14.0 Å². The number of ether oxygens (including phenoxy) is 2. The molecule has 0 aliphatic rings. The topological polar surface area (TPSA) is 64.6 Å². The van der Waals surface area contributed by atoms with Crippen molar-refractivity contribution in [2.45, 2.75) is 6.92 Å². The number of ketones is 1. The summed E-state index contributed by atoms with van der Waals surface area (Å²) < 4.78 is 10.5. The Kier molecular flexibility index (Phi) is 5.60. The summed E-state index contributed by atoms with van der Waals surface area (Å²) in [5.41, 5.74) is 1.06. The zero-order chi connectivity index (χ0) is 16.8. The molecule has 0 spiro atoms. The SMILES string of the molecule is COc1c(Cl)cccc1NC(=O)COc1ccc(C(C)=O)cc1. The lowest BCUT2D eigenvalue weighted by Crippen LogP contribution is -2.20. The van der Waals surface area contributed by atoms with Crippen molar-refractivity contribution in [2.75, 3.05) is 19.0 Å². The molecule has 1 amide bonds. The van der Waals surface area contributed by atoms with Gasteiger partial charge in [-0.25, -0.2) is 0 Å². The summed E-state index contributed by atoms with van der Waals surface area (Å²) in [6, 6.07) is 11.6. The number of carbonyl (C=O) groups excluding carboxylic acids is 2. The number of carbonyl (C=O) groups is 2. The van der Waals surface area contributed by atoms with Gasteiger partial charge in [-0.2, -0.15) is 0 Å². The third kappa shape index (κ3) is 4.47. The first-order valence-electron chi connectivity index (χ1n) is 6.87. The molecule has 0 radical (unpaired) electrons.